The molecule has 0 bridgehead atoms. The Kier molecular flexibility index (Phi) is 3.35. The summed E-state index contributed by atoms with van der Waals surface area (Å²) in [6.07, 6.45) is 3.19. The summed E-state index contributed by atoms with van der Waals surface area (Å²) in [4.78, 5) is 0.107. The highest BCUT2D eigenvalue weighted by molar-refractivity contribution is 7.89. The van der Waals surface area contributed by atoms with E-state index in [1.165, 1.54) is 24.3 Å². The summed E-state index contributed by atoms with van der Waals surface area (Å²) in [5, 5.41) is 15.5. The molecular weight excluding hydrogens is 254 g/mol. The molecule has 1 heterocycles. The van der Waals surface area contributed by atoms with E-state index in [4.69, 9.17) is 5.11 Å². The molecule has 0 saturated carbocycles. The Bertz CT molecular complexity index is 605. The van der Waals surface area contributed by atoms with Crippen LogP contribution in [0, 0.1) is 0 Å². The Morgan fingerprint density at radius 1 is 1.33 bits per heavy atom. The van der Waals surface area contributed by atoms with E-state index in [0.29, 0.717) is 0 Å². The van der Waals surface area contributed by atoms with Gasteiger partial charge in [0.2, 0.25) is 10.0 Å². The first-order valence-electron chi connectivity index (χ1n) is 5.29. The number of rotatable bonds is 4. The van der Waals surface area contributed by atoms with Crippen molar-refractivity contribution in [3.8, 4) is 5.75 Å². The van der Waals surface area contributed by atoms with Crippen molar-refractivity contribution >= 4 is 10.0 Å². The number of hydrogen-bond donors (Lipinski definition) is 3. The summed E-state index contributed by atoms with van der Waals surface area (Å²) in [6.45, 7) is 1.73. The third-order valence-corrected chi connectivity index (χ3v) is 4.05. The number of sulfonamides is 1. The maximum atomic E-state index is 12.0. The van der Waals surface area contributed by atoms with Crippen molar-refractivity contribution in [2.45, 2.75) is 17.9 Å². The first-order chi connectivity index (χ1) is 8.49. The van der Waals surface area contributed by atoms with Gasteiger partial charge in [-0.1, -0.05) is 0 Å². The van der Waals surface area contributed by atoms with E-state index in [1.54, 1.807) is 19.3 Å². The van der Waals surface area contributed by atoms with Gasteiger partial charge in [-0.15, -0.1) is 0 Å². The Balaban J connectivity index is 2.20. The van der Waals surface area contributed by atoms with Crippen molar-refractivity contribution in [1.82, 2.24) is 14.9 Å². The smallest absolute Gasteiger partial charge is 0.241 e. The molecule has 0 spiro atoms. The molecule has 1 unspecified atom stereocenters. The van der Waals surface area contributed by atoms with Gasteiger partial charge in [0.1, 0.15) is 5.75 Å². The number of phenolic OH excluding ortho intramolecular Hbond substituents is 1. The SMILES string of the molecule is CC(NS(=O)(=O)c1ccc(O)cc1)c1cn[nH]c1. The van der Waals surface area contributed by atoms with E-state index in [9.17, 15) is 8.42 Å². The van der Waals surface area contributed by atoms with Crippen LogP contribution in [-0.4, -0.2) is 23.7 Å². The van der Waals surface area contributed by atoms with Crippen molar-refractivity contribution in [2.75, 3.05) is 0 Å². The van der Waals surface area contributed by atoms with Gasteiger partial charge in [0.25, 0.3) is 0 Å². The number of aromatic nitrogens is 2. The minimum absolute atomic E-state index is 0.0248. The molecule has 0 aliphatic carbocycles. The maximum Gasteiger partial charge on any atom is 0.241 e. The Morgan fingerprint density at radius 3 is 2.56 bits per heavy atom. The third-order valence-electron chi connectivity index (χ3n) is 2.50. The Hall–Kier alpha value is -1.86. The summed E-state index contributed by atoms with van der Waals surface area (Å²) >= 11 is 0. The predicted octanol–water partition coefficient (Wildman–Crippen LogP) is 1.15. The van der Waals surface area contributed by atoms with Crippen LogP contribution < -0.4 is 4.72 Å². The van der Waals surface area contributed by atoms with Crippen molar-refractivity contribution in [1.29, 1.82) is 0 Å². The van der Waals surface area contributed by atoms with Crippen molar-refractivity contribution in [2.24, 2.45) is 0 Å². The molecule has 1 aromatic carbocycles. The normalized spacial score (nSPS) is 13.4. The highest BCUT2D eigenvalue weighted by atomic mass is 32.2. The van der Waals surface area contributed by atoms with E-state index in [0.717, 1.165) is 5.56 Å². The Morgan fingerprint density at radius 2 is 2.00 bits per heavy atom. The number of hydrogen-bond acceptors (Lipinski definition) is 4. The molecule has 0 fully saturated rings. The van der Waals surface area contributed by atoms with E-state index in [2.05, 4.69) is 14.9 Å². The first-order valence-corrected chi connectivity index (χ1v) is 6.77. The van der Waals surface area contributed by atoms with E-state index < -0.39 is 10.0 Å². The average Bonchev–Trinajstić information content (AvgIpc) is 2.82. The lowest BCUT2D eigenvalue weighted by atomic mass is 10.2. The van der Waals surface area contributed by atoms with Gasteiger partial charge in [0, 0.05) is 17.8 Å². The van der Waals surface area contributed by atoms with Gasteiger partial charge in [0.05, 0.1) is 11.1 Å². The fraction of sp³-hybridized carbons (Fsp3) is 0.182. The quantitative estimate of drug-likeness (QED) is 0.774. The van der Waals surface area contributed by atoms with Crippen LogP contribution in [0.2, 0.25) is 0 Å². The molecule has 18 heavy (non-hydrogen) atoms. The monoisotopic (exact) mass is 267 g/mol. The van der Waals surface area contributed by atoms with Crippen LogP contribution in [0.4, 0.5) is 0 Å². The standard InChI is InChI=1S/C11H13N3O3S/c1-8(9-6-12-13-7-9)14-18(16,17)11-4-2-10(15)3-5-11/h2-8,14-15H,1H3,(H,12,13). The summed E-state index contributed by atoms with van der Waals surface area (Å²) in [6, 6.07) is 4.97. The van der Waals surface area contributed by atoms with Crippen LogP contribution in [0.3, 0.4) is 0 Å². The number of nitrogens with zero attached hydrogens (tertiary/aromatic N) is 1. The average molecular weight is 267 g/mol. The molecule has 6 nitrogen and oxygen atoms in total. The first kappa shape index (κ1) is 12.6. The van der Waals surface area contributed by atoms with Crippen molar-refractivity contribution in [3.63, 3.8) is 0 Å². The lowest BCUT2D eigenvalue weighted by molar-refractivity contribution is 0.474. The summed E-state index contributed by atoms with van der Waals surface area (Å²) in [5.41, 5.74) is 0.748. The van der Waals surface area contributed by atoms with Gasteiger partial charge in [-0.3, -0.25) is 5.10 Å². The van der Waals surface area contributed by atoms with Crippen LogP contribution in [0.5, 0.6) is 5.75 Å². The zero-order valence-electron chi connectivity index (χ0n) is 9.66. The number of nitrogens with one attached hydrogen (secondary N) is 2. The van der Waals surface area contributed by atoms with Crippen LogP contribution in [0.15, 0.2) is 41.6 Å². The highest BCUT2D eigenvalue weighted by Gasteiger charge is 2.18. The maximum absolute atomic E-state index is 12.0. The van der Waals surface area contributed by atoms with Crippen LogP contribution in [-0.2, 0) is 10.0 Å². The molecular formula is C11H13N3O3S. The number of H-pyrrole nitrogens is 1. The minimum atomic E-state index is -3.61. The molecule has 0 saturated heterocycles. The van der Waals surface area contributed by atoms with Gasteiger partial charge in [-0.25, -0.2) is 13.1 Å². The van der Waals surface area contributed by atoms with E-state index in [-0.39, 0.29) is 16.7 Å². The molecule has 0 aliphatic rings. The number of aromatic hydroxyl groups is 1. The van der Waals surface area contributed by atoms with E-state index >= 15 is 0 Å². The summed E-state index contributed by atoms with van der Waals surface area (Å²) < 4.78 is 26.6. The van der Waals surface area contributed by atoms with Crippen LogP contribution in [0.25, 0.3) is 0 Å². The molecule has 96 valence electrons. The van der Waals surface area contributed by atoms with Gasteiger partial charge in [-0.05, 0) is 31.2 Å². The minimum Gasteiger partial charge on any atom is -0.508 e. The van der Waals surface area contributed by atoms with Crippen LogP contribution in [0.1, 0.15) is 18.5 Å². The van der Waals surface area contributed by atoms with Gasteiger partial charge < -0.3 is 5.11 Å². The second-order valence-corrected chi connectivity index (χ2v) is 5.58. The van der Waals surface area contributed by atoms with Crippen molar-refractivity contribution in [3.05, 3.63) is 42.2 Å². The fourth-order valence-electron chi connectivity index (χ4n) is 1.49. The third kappa shape index (κ3) is 2.69. The second kappa shape index (κ2) is 4.79. The van der Waals surface area contributed by atoms with Crippen LogP contribution >= 0.6 is 0 Å². The molecule has 2 rings (SSSR count). The molecule has 7 heteroatoms. The molecule has 1 aromatic heterocycles. The molecule has 3 N–H and O–H groups in total. The van der Waals surface area contributed by atoms with E-state index in [1.807, 2.05) is 0 Å². The van der Waals surface area contributed by atoms with Gasteiger partial charge >= 0.3 is 0 Å². The lowest BCUT2D eigenvalue weighted by Gasteiger charge is -2.12. The fourth-order valence-corrected chi connectivity index (χ4v) is 2.72. The van der Waals surface area contributed by atoms with Gasteiger partial charge in [-0.2, -0.15) is 5.10 Å². The summed E-state index contributed by atoms with van der Waals surface area (Å²) in [5.74, 6) is 0.0248. The molecule has 2 aromatic rings. The number of aromatic amines is 1. The topological polar surface area (TPSA) is 95.1 Å². The van der Waals surface area contributed by atoms with Gasteiger partial charge in [0.15, 0.2) is 0 Å². The Labute approximate surface area is 105 Å². The zero-order chi connectivity index (χ0) is 13.2. The summed E-state index contributed by atoms with van der Waals surface area (Å²) in [7, 11) is -3.61. The second-order valence-electron chi connectivity index (χ2n) is 3.87. The largest absolute Gasteiger partial charge is 0.508 e. The van der Waals surface area contributed by atoms with Crippen molar-refractivity contribution < 1.29 is 13.5 Å². The highest BCUT2D eigenvalue weighted by Crippen LogP contribution is 2.17. The molecule has 0 radical (unpaired) electrons. The molecule has 0 aliphatic heterocycles. The number of phenols is 1. The molecule has 1 atom stereocenters. The predicted molar refractivity (Wildman–Crippen MR) is 65.4 cm³/mol. The zero-order valence-corrected chi connectivity index (χ0v) is 10.5. The number of benzene rings is 1. The molecule has 0 amide bonds. The lowest BCUT2D eigenvalue weighted by Crippen LogP contribution is -2.26.